The summed E-state index contributed by atoms with van der Waals surface area (Å²) in [5, 5.41) is -0.853. The van der Waals surface area contributed by atoms with Gasteiger partial charge in [-0.1, -0.05) is 29.8 Å². The van der Waals surface area contributed by atoms with Gasteiger partial charge in [0.05, 0.1) is 12.3 Å². The highest BCUT2D eigenvalue weighted by molar-refractivity contribution is 8.07. The monoisotopic (exact) mass is 331 g/mol. The van der Waals surface area contributed by atoms with Gasteiger partial charge in [0.1, 0.15) is 10.6 Å². The van der Waals surface area contributed by atoms with Crippen LogP contribution in [0.4, 0.5) is 10.5 Å². The summed E-state index contributed by atoms with van der Waals surface area (Å²) in [6, 6.07) is 14.1. The highest BCUT2D eigenvalue weighted by Crippen LogP contribution is 2.35. The summed E-state index contributed by atoms with van der Waals surface area (Å²) in [7, 11) is -3.88. The van der Waals surface area contributed by atoms with E-state index in [1.165, 1.54) is 11.0 Å². The molecule has 5 nitrogen and oxygen atoms in total. The van der Waals surface area contributed by atoms with E-state index in [1.54, 1.807) is 18.2 Å². The zero-order chi connectivity index (χ0) is 16.4. The van der Waals surface area contributed by atoms with Crippen molar-refractivity contribution in [3.8, 4) is 5.75 Å². The molecule has 0 aliphatic carbocycles. The second-order valence-electron chi connectivity index (χ2n) is 5.40. The number of fused-ring (bicyclic) bond motifs is 1. The van der Waals surface area contributed by atoms with Crippen molar-refractivity contribution in [3.63, 3.8) is 0 Å². The number of carbonyl (C=O) groups excluding carboxylic acids is 1. The number of hydrogen-bond donors (Lipinski definition) is 0. The molecule has 1 aliphatic rings. The van der Waals surface area contributed by atoms with Crippen LogP contribution in [-0.2, 0) is 9.84 Å². The van der Waals surface area contributed by atoms with Crippen molar-refractivity contribution in [3.05, 3.63) is 54.1 Å². The maximum Gasteiger partial charge on any atom is 0.348 e. The van der Waals surface area contributed by atoms with Crippen LogP contribution in [0.15, 0.2) is 53.4 Å². The number of carbonyl (C=O) groups is 1. The molecule has 23 heavy (non-hydrogen) atoms. The van der Waals surface area contributed by atoms with Crippen LogP contribution in [0.5, 0.6) is 5.75 Å². The maximum absolute atomic E-state index is 12.1. The first-order valence-electron chi connectivity index (χ1n) is 7.35. The minimum atomic E-state index is -3.88. The van der Waals surface area contributed by atoms with Gasteiger partial charge in [0.15, 0.2) is 0 Å². The minimum Gasteiger partial charge on any atom is -0.494 e. The molecule has 2 aromatic carbocycles. The maximum atomic E-state index is 12.1. The van der Waals surface area contributed by atoms with Gasteiger partial charge in [-0.15, -0.1) is 0 Å². The fourth-order valence-corrected chi connectivity index (χ4v) is 3.88. The van der Waals surface area contributed by atoms with Crippen LogP contribution in [0.2, 0.25) is 0 Å². The number of aryl methyl sites for hydroxylation is 1. The number of benzene rings is 2. The minimum absolute atomic E-state index is 0.0875. The Hall–Kier alpha value is -2.34. The van der Waals surface area contributed by atoms with E-state index in [-0.39, 0.29) is 4.90 Å². The zero-order valence-electron chi connectivity index (χ0n) is 12.7. The lowest BCUT2D eigenvalue weighted by Gasteiger charge is -2.15. The van der Waals surface area contributed by atoms with E-state index in [1.807, 2.05) is 31.2 Å². The summed E-state index contributed by atoms with van der Waals surface area (Å²) in [5.41, 5.74) is 1.61. The van der Waals surface area contributed by atoms with Gasteiger partial charge in [-0.3, -0.25) is 9.69 Å². The molecule has 0 N–H and O–H groups in total. The quantitative estimate of drug-likeness (QED) is 0.789. The topological polar surface area (TPSA) is 63.7 Å². The average Bonchev–Trinajstić information content (AvgIpc) is 2.74. The normalized spacial score (nSPS) is 15.5. The Bertz CT molecular complexity index is 828. The summed E-state index contributed by atoms with van der Waals surface area (Å²) in [4.78, 5) is 13.5. The molecule has 6 heteroatoms. The molecular weight excluding hydrogens is 314 g/mol. The van der Waals surface area contributed by atoms with Crippen molar-refractivity contribution in [1.29, 1.82) is 0 Å². The molecule has 2 aromatic rings. The Labute approximate surface area is 135 Å². The lowest BCUT2D eigenvalue weighted by Crippen LogP contribution is -2.30. The third-order valence-corrected chi connectivity index (χ3v) is 5.32. The van der Waals surface area contributed by atoms with Gasteiger partial charge in [-0.05, 0) is 37.6 Å². The number of rotatable bonds is 5. The molecule has 0 unspecified atom stereocenters. The van der Waals surface area contributed by atoms with Crippen LogP contribution < -0.4 is 9.64 Å². The summed E-state index contributed by atoms with van der Waals surface area (Å²) < 4.78 is 29.7. The zero-order valence-corrected chi connectivity index (χ0v) is 13.5. The van der Waals surface area contributed by atoms with Crippen molar-refractivity contribution >= 4 is 20.8 Å². The Morgan fingerprint density at radius 1 is 1.04 bits per heavy atom. The predicted octanol–water partition coefficient (Wildman–Crippen LogP) is 3.18. The van der Waals surface area contributed by atoms with E-state index in [0.29, 0.717) is 25.3 Å². The van der Waals surface area contributed by atoms with Crippen LogP contribution in [0.1, 0.15) is 12.0 Å². The number of anilines is 1. The van der Waals surface area contributed by atoms with E-state index in [2.05, 4.69) is 0 Å². The standard InChI is InChI=1S/C17H17NO4S/c1-13-7-9-14(10-8-13)22-12-4-11-18-15-5-2-3-6-16(15)23(20,21)17(18)19/h2-3,5-10H,4,11-12H2,1H3. The molecule has 1 aliphatic heterocycles. The first-order valence-corrected chi connectivity index (χ1v) is 8.83. The Kier molecular flexibility index (Phi) is 4.09. The van der Waals surface area contributed by atoms with E-state index in [9.17, 15) is 13.2 Å². The van der Waals surface area contributed by atoms with E-state index in [0.717, 1.165) is 11.3 Å². The second-order valence-corrected chi connectivity index (χ2v) is 7.20. The van der Waals surface area contributed by atoms with Crippen molar-refractivity contribution in [1.82, 2.24) is 0 Å². The molecule has 3 rings (SSSR count). The van der Waals surface area contributed by atoms with Gasteiger partial charge < -0.3 is 4.74 Å². The van der Waals surface area contributed by atoms with E-state index in [4.69, 9.17) is 4.74 Å². The van der Waals surface area contributed by atoms with Crippen molar-refractivity contribution in [2.75, 3.05) is 18.1 Å². The summed E-state index contributed by atoms with van der Waals surface area (Å²) in [6.07, 6.45) is 0.545. The van der Waals surface area contributed by atoms with Crippen LogP contribution in [0.3, 0.4) is 0 Å². The molecule has 120 valence electrons. The molecule has 0 aromatic heterocycles. The van der Waals surface area contributed by atoms with Crippen LogP contribution in [-0.4, -0.2) is 26.8 Å². The van der Waals surface area contributed by atoms with Crippen LogP contribution >= 0.6 is 0 Å². The fraction of sp³-hybridized carbons (Fsp3) is 0.235. The molecule has 1 amide bonds. The third-order valence-electron chi connectivity index (χ3n) is 3.71. The molecule has 0 saturated heterocycles. The van der Waals surface area contributed by atoms with Crippen molar-refractivity contribution in [2.45, 2.75) is 18.2 Å². The number of nitrogens with zero attached hydrogens (tertiary/aromatic N) is 1. The van der Waals surface area contributed by atoms with Gasteiger partial charge in [-0.2, -0.15) is 0 Å². The van der Waals surface area contributed by atoms with Gasteiger partial charge in [0.25, 0.3) is 9.84 Å². The predicted molar refractivity (Wildman–Crippen MR) is 87.7 cm³/mol. The number of ether oxygens (including phenoxy) is 1. The molecular formula is C17H17NO4S. The fourth-order valence-electron chi connectivity index (χ4n) is 2.50. The number of hydrogen-bond acceptors (Lipinski definition) is 4. The molecule has 0 radical (unpaired) electrons. The molecule has 1 heterocycles. The lowest BCUT2D eigenvalue weighted by atomic mass is 10.2. The largest absolute Gasteiger partial charge is 0.494 e. The summed E-state index contributed by atoms with van der Waals surface area (Å²) in [5.74, 6) is 0.761. The summed E-state index contributed by atoms with van der Waals surface area (Å²) in [6.45, 7) is 2.72. The second kappa shape index (κ2) is 6.04. The molecule has 0 saturated carbocycles. The highest BCUT2D eigenvalue weighted by Gasteiger charge is 2.41. The van der Waals surface area contributed by atoms with Crippen LogP contribution in [0.25, 0.3) is 0 Å². The highest BCUT2D eigenvalue weighted by atomic mass is 32.2. The van der Waals surface area contributed by atoms with Crippen molar-refractivity contribution in [2.24, 2.45) is 0 Å². The van der Waals surface area contributed by atoms with Crippen molar-refractivity contribution < 1.29 is 17.9 Å². The van der Waals surface area contributed by atoms with E-state index < -0.39 is 15.1 Å². The summed E-state index contributed by atoms with van der Waals surface area (Å²) >= 11 is 0. The average molecular weight is 331 g/mol. The smallest absolute Gasteiger partial charge is 0.348 e. The Morgan fingerprint density at radius 2 is 1.74 bits per heavy atom. The first-order chi connectivity index (χ1) is 11.0. The van der Waals surface area contributed by atoms with Gasteiger partial charge in [0, 0.05) is 6.54 Å². The molecule has 0 bridgehead atoms. The number of amides is 1. The molecule has 0 atom stereocenters. The number of para-hydroxylation sites is 1. The Balaban J connectivity index is 1.63. The van der Waals surface area contributed by atoms with Gasteiger partial charge in [0.2, 0.25) is 0 Å². The lowest BCUT2D eigenvalue weighted by molar-refractivity contribution is 0.262. The SMILES string of the molecule is Cc1ccc(OCCCN2C(=O)S(=O)(=O)c3ccccc32)cc1. The molecule has 0 fully saturated rings. The Morgan fingerprint density at radius 3 is 2.48 bits per heavy atom. The third kappa shape index (κ3) is 2.94. The first kappa shape index (κ1) is 15.6. The van der Waals surface area contributed by atoms with Crippen LogP contribution in [0, 0.1) is 6.92 Å². The van der Waals surface area contributed by atoms with Gasteiger partial charge in [-0.25, -0.2) is 8.42 Å². The molecule has 0 spiro atoms. The van der Waals surface area contributed by atoms with E-state index >= 15 is 0 Å². The number of sulfone groups is 1. The van der Waals surface area contributed by atoms with Gasteiger partial charge >= 0.3 is 5.24 Å².